The van der Waals surface area contributed by atoms with E-state index in [1.807, 2.05) is 23.1 Å². The van der Waals surface area contributed by atoms with E-state index in [2.05, 4.69) is 10.2 Å². The lowest BCUT2D eigenvalue weighted by Gasteiger charge is -2.36. The minimum atomic E-state index is -0.793. The average molecular weight is 489 g/mol. The maximum Gasteiger partial charge on any atom is 0.293 e. The molecule has 3 aliphatic heterocycles. The van der Waals surface area contributed by atoms with Gasteiger partial charge in [0.05, 0.1) is 10.5 Å². The number of ether oxygens (including phenoxy) is 3. The number of carbonyl (C=O) groups is 1. The molecule has 0 saturated carbocycles. The highest BCUT2D eigenvalue weighted by molar-refractivity contribution is 5.98. The molecular weight excluding hydrogens is 464 g/mol. The van der Waals surface area contributed by atoms with Crippen molar-refractivity contribution in [1.29, 1.82) is 0 Å². The Morgan fingerprint density at radius 2 is 1.75 bits per heavy atom. The topological polar surface area (TPSA) is 106 Å². The molecule has 1 fully saturated rings. The third kappa shape index (κ3) is 4.16. The maximum atomic E-state index is 12.5. The Morgan fingerprint density at radius 3 is 2.58 bits per heavy atom. The molecule has 0 unspecified atom stereocenters. The minimum Gasteiger partial charge on any atom is -0.466 e. The summed E-state index contributed by atoms with van der Waals surface area (Å²) in [4.78, 5) is 28.4. The van der Waals surface area contributed by atoms with E-state index in [0.717, 1.165) is 36.7 Å². The fraction of sp³-hybridized carbons (Fsp3) is 0.269. The van der Waals surface area contributed by atoms with Gasteiger partial charge in [-0.2, -0.15) is 0 Å². The molecule has 1 amide bonds. The zero-order valence-corrected chi connectivity index (χ0v) is 19.4. The summed E-state index contributed by atoms with van der Waals surface area (Å²) < 4.78 is 16.8. The first-order chi connectivity index (χ1) is 17.5. The average Bonchev–Trinajstić information content (AvgIpc) is 3.37. The van der Waals surface area contributed by atoms with Crippen LogP contribution in [-0.2, 0) is 6.54 Å². The van der Waals surface area contributed by atoms with Crippen LogP contribution < -0.4 is 24.4 Å². The molecular formula is C26H24N4O6. The second-order valence-electron chi connectivity index (χ2n) is 8.92. The van der Waals surface area contributed by atoms with E-state index in [4.69, 9.17) is 14.2 Å². The van der Waals surface area contributed by atoms with E-state index in [-0.39, 0.29) is 23.3 Å². The van der Waals surface area contributed by atoms with Gasteiger partial charge in [-0.3, -0.25) is 19.8 Å². The monoisotopic (exact) mass is 488 g/mol. The number of nitro groups is 1. The van der Waals surface area contributed by atoms with Gasteiger partial charge in [-0.15, -0.1) is 0 Å². The van der Waals surface area contributed by atoms with Gasteiger partial charge in [0.2, 0.25) is 6.79 Å². The molecule has 10 heteroatoms. The van der Waals surface area contributed by atoms with E-state index >= 15 is 0 Å². The second-order valence-corrected chi connectivity index (χ2v) is 8.92. The van der Waals surface area contributed by atoms with Gasteiger partial charge in [0, 0.05) is 44.4 Å². The van der Waals surface area contributed by atoms with Gasteiger partial charge in [0.25, 0.3) is 11.6 Å². The van der Waals surface area contributed by atoms with Crippen LogP contribution in [0.2, 0.25) is 0 Å². The van der Waals surface area contributed by atoms with E-state index < -0.39 is 6.23 Å². The molecule has 3 aromatic rings. The van der Waals surface area contributed by atoms with Gasteiger partial charge >= 0.3 is 0 Å². The molecule has 1 saturated heterocycles. The van der Waals surface area contributed by atoms with Crippen molar-refractivity contribution < 1.29 is 23.9 Å². The van der Waals surface area contributed by atoms with E-state index in [0.29, 0.717) is 35.7 Å². The molecule has 3 heterocycles. The Balaban J connectivity index is 1.15. The summed E-state index contributed by atoms with van der Waals surface area (Å²) in [6, 6.07) is 17.9. The lowest BCUT2D eigenvalue weighted by Crippen LogP contribution is -2.46. The molecule has 0 aromatic heterocycles. The predicted octanol–water partition coefficient (Wildman–Crippen LogP) is 3.47. The van der Waals surface area contributed by atoms with Crippen molar-refractivity contribution in [2.24, 2.45) is 0 Å². The fourth-order valence-electron chi connectivity index (χ4n) is 4.82. The third-order valence-electron chi connectivity index (χ3n) is 6.69. The number of amides is 1. The lowest BCUT2D eigenvalue weighted by atomic mass is 10.1. The van der Waals surface area contributed by atoms with E-state index in [9.17, 15) is 14.9 Å². The summed E-state index contributed by atoms with van der Waals surface area (Å²) in [6.45, 7) is 3.88. The van der Waals surface area contributed by atoms with Crippen molar-refractivity contribution >= 4 is 17.3 Å². The summed E-state index contributed by atoms with van der Waals surface area (Å²) in [7, 11) is 0. The molecule has 0 aliphatic carbocycles. The first kappa shape index (κ1) is 22.2. The standard InChI is InChI=1S/C26H24N4O6/c31-25-19-3-1-2-4-22(19)36-26(27-25)18-6-7-20(21(14-18)30(32)33)29-11-9-28(10-12-29)15-17-5-8-23-24(13-17)35-16-34-23/h1-8,13-14,26H,9-12,15-16H2,(H,27,31)/t26-/m0/s1. The zero-order valence-electron chi connectivity index (χ0n) is 19.4. The molecule has 36 heavy (non-hydrogen) atoms. The highest BCUT2D eigenvalue weighted by Gasteiger charge is 2.30. The molecule has 3 aliphatic rings. The highest BCUT2D eigenvalue weighted by atomic mass is 16.7. The number of hydrogen-bond acceptors (Lipinski definition) is 8. The number of nitrogens with zero attached hydrogens (tertiary/aromatic N) is 3. The number of benzene rings is 3. The molecule has 184 valence electrons. The number of para-hydroxylation sites is 1. The number of anilines is 1. The van der Waals surface area contributed by atoms with Gasteiger partial charge in [-0.25, -0.2) is 0 Å². The number of rotatable bonds is 5. The van der Waals surface area contributed by atoms with Gasteiger partial charge in [0.15, 0.2) is 17.7 Å². The van der Waals surface area contributed by atoms with E-state index in [1.165, 1.54) is 6.07 Å². The van der Waals surface area contributed by atoms with Gasteiger partial charge < -0.3 is 24.4 Å². The summed E-state index contributed by atoms with van der Waals surface area (Å²) in [6.07, 6.45) is -0.793. The number of piperazine rings is 1. The van der Waals surface area contributed by atoms with Crippen molar-refractivity contribution in [2.45, 2.75) is 12.8 Å². The van der Waals surface area contributed by atoms with Crippen LogP contribution in [0.4, 0.5) is 11.4 Å². The van der Waals surface area contributed by atoms with Crippen LogP contribution in [-0.4, -0.2) is 48.7 Å². The van der Waals surface area contributed by atoms with Crippen LogP contribution >= 0.6 is 0 Å². The number of carbonyl (C=O) groups excluding carboxylic acids is 1. The Kier molecular flexibility index (Phi) is 5.57. The Labute approximate surface area is 207 Å². The fourth-order valence-corrected chi connectivity index (χ4v) is 4.82. The van der Waals surface area contributed by atoms with Crippen LogP contribution in [0.15, 0.2) is 60.7 Å². The molecule has 0 spiro atoms. The summed E-state index contributed by atoms with van der Waals surface area (Å²) in [5, 5.41) is 14.8. The highest BCUT2D eigenvalue weighted by Crippen LogP contribution is 2.36. The lowest BCUT2D eigenvalue weighted by molar-refractivity contribution is -0.384. The number of hydrogen-bond donors (Lipinski definition) is 1. The number of fused-ring (bicyclic) bond motifs is 2. The SMILES string of the molecule is O=C1N[C@H](c2ccc(N3CCN(Cc4ccc5c(c4)OCO5)CC3)c([N+](=O)[O-])c2)Oc2ccccc21. The molecule has 10 nitrogen and oxygen atoms in total. The number of nitro benzene ring substituents is 1. The van der Waals surface area contributed by atoms with Crippen molar-refractivity contribution in [2.75, 3.05) is 37.9 Å². The zero-order chi connectivity index (χ0) is 24.6. The molecule has 1 atom stereocenters. The molecule has 3 aromatic carbocycles. The van der Waals surface area contributed by atoms with Crippen LogP contribution in [0.1, 0.15) is 27.7 Å². The van der Waals surface area contributed by atoms with Crippen LogP contribution in [0.25, 0.3) is 0 Å². The van der Waals surface area contributed by atoms with E-state index in [1.54, 1.807) is 36.4 Å². The summed E-state index contributed by atoms with van der Waals surface area (Å²) >= 11 is 0. The molecule has 6 rings (SSSR count). The quantitative estimate of drug-likeness (QED) is 0.430. The Hall–Kier alpha value is -4.31. The first-order valence-electron chi connectivity index (χ1n) is 11.8. The van der Waals surface area contributed by atoms with Crippen molar-refractivity contribution in [1.82, 2.24) is 10.2 Å². The van der Waals surface area contributed by atoms with Crippen molar-refractivity contribution in [3.05, 3.63) is 87.5 Å². The summed E-state index contributed by atoms with van der Waals surface area (Å²) in [5.41, 5.74) is 2.66. The van der Waals surface area contributed by atoms with Gasteiger partial charge in [0.1, 0.15) is 11.4 Å². The Bertz CT molecular complexity index is 1340. The Morgan fingerprint density at radius 1 is 0.944 bits per heavy atom. The normalized spacial score (nSPS) is 18.8. The minimum absolute atomic E-state index is 0.00608. The van der Waals surface area contributed by atoms with Gasteiger partial charge in [-0.1, -0.05) is 24.3 Å². The second kappa shape index (κ2) is 9.04. The largest absolute Gasteiger partial charge is 0.466 e. The third-order valence-corrected chi connectivity index (χ3v) is 6.69. The van der Waals surface area contributed by atoms with Crippen molar-refractivity contribution in [3.63, 3.8) is 0 Å². The van der Waals surface area contributed by atoms with Crippen LogP contribution in [0.5, 0.6) is 17.2 Å². The smallest absolute Gasteiger partial charge is 0.293 e. The maximum absolute atomic E-state index is 12.5. The predicted molar refractivity (Wildman–Crippen MR) is 130 cm³/mol. The van der Waals surface area contributed by atoms with Crippen LogP contribution in [0.3, 0.4) is 0 Å². The molecule has 1 N–H and O–H groups in total. The van der Waals surface area contributed by atoms with Gasteiger partial charge in [-0.05, 0) is 35.9 Å². The van der Waals surface area contributed by atoms with Crippen molar-refractivity contribution in [3.8, 4) is 17.2 Å². The molecule has 0 bridgehead atoms. The first-order valence-corrected chi connectivity index (χ1v) is 11.8. The number of nitrogens with one attached hydrogen (secondary N) is 1. The molecule has 0 radical (unpaired) electrons. The summed E-state index contributed by atoms with van der Waals surface area (Å²) in [5.74, 6) is 1.72. The van der Waals surface area contributed by atoms with Crippen LogP contribution in [0, 0.1) is 10.1 Å².